The van der Waals surface area contributed by atoms with Crippen molar-refractivity contribution in [1.29, 1.82) is 0 Å². The lowest BCUT2D eigenvalue weighted by Crippen LogP contribution is -2.45. The lowest BCUT2D eigenvalue weighted by molar-refractivity contribution is -0.154. The first-order chi connectivity index (χ1) is 9.53. The standard InChI is InChI=1S/C13H17N3O4/c1-8-14-10(20-15-8)9-3-2-6-16(7-9)11(17)13(4-5-13)12(18)19/h9H,2-7H2,1H3,(H,18,19). The largest absolute Gasteiger partial charge is 0.480 e. The number of rotatable bonds is 3. The Morgan fingerprint density at radius 3 is 2.75 bits per heavy atom. The molecule has 3 rings (SSSR count). The van der Waals surface area contributed by atoms with Gasteiger partial charge in [0.1, 0.15) is 5.41 Å². The Morgan fingerprint density at radius 2 is 2.20 bits per heavy atom. The molecule has 108 valence electrons. The van der Waals surface area contributed by atoms with Crippen LogP contribution in [-0.4, -0.2) is 45.1 Å². The zero-order chi connectivity index (χ0) is 14.3. The quantitative estimate of drug-likeness (QED) is 0.827. The molecule has 1 atom stereocenters. The van der Waals surface area contributed by atoms with Crippen molar-refractivity contribution in [3.8, 4) is 0 Å². The monoisotopic (exact) mass is 279 g/mol. The summed E-state index contributed by atoms with van der Waals surface area (Å²) in [6, 6.07) is 0. The van der Waals surface area contributed by atoms with Gasteiger partial charge in [-0.3, -0.25) is 9.59 Å². The number of carboxylic acids is 1. The number of aryl methyl sites for hydroxylation is 1. The Morgan fingerprint density at radius 1 is 1.45 bits per heavy atom. The van der Waals surface area contributed by atoms with Gasteiger partial charge in [0.25, 0.3) is 0 Å². The van der Waals surface area contributed by atoms with E-state index in [2.05, 4.69) is 10.1 Å². The smallest absolute Gasteiger partial charge is 0.319 e. The average molecular weight is 279 g/mol. The molecule has 1 aliphatic carbocycles. The number of nitrogens with zero attached hydrogens (tertiary/aromatic N) is 3. The summed E-state index contributed by atoms with van der Waals surface area (Å²) in [5.41, 5.74) is -1.16. The SMILES string of the molecule is Cc1noc(C2CCCN(C(=O)C3(C(=O)O)CC3)C2)n1. The van der Waals surface area contributed by atoms with E-state index in [-0.39, 0.29) is 11.8 Å². The number of hydrogen-bond acceptors (Lipinski definition) is 5. The molecular weight excluding hydrogens is 262 g/mol. The van der Waals surface area contributed by atoms with Crippen LogP contribution in [0.3, 0.4) is 0 Å². The molecule has 1 unspecified atom stereocenters. The van der Waals surface area contributed by atoms with Gasteiger partial charge in [-0.05, 0) is 32.6 Å². The fourth-order valence-electron chi connectivity index (χ4n) is 2.79. The summed E-state index contributed by atoms with van der Waals surface area (Å²) in [7, 11) is 0. The third-order valence-electron chi connectivity index (χ3n) is 4.17. The number of aromatic nitrogens is 2. The fraction of sp³-hybridized carbons (Fsp3) is 0.692. The maximum absolute atomic E-state index is 12.4. The minimum Gasteiger partial charge on any atom is -0.480 e. The first-order valence-corrected chi connectivity index (χ1v) is 6.86. The normalized spacial score (nSPS) is 24.4. The molecule has 2 fully saturated rings. The van der Waals surface area contributed by atoms with Crippen molar-refractivity contribution in [3.05, 3.63) is 11.7 Å². The number of piperidine rings is 1. The number of aliphatic carboxylic acids is 1. The molecule has 1 aromatic rings. The van der Waals surface area contributed by atoms with Crippen LogP contribution in [0.5, 0.6) is 0 Å². The molecule has 1 saturated carbocycles. The van der Waals surface area contributed by atoms with E-state index in [4.69, 9.17) is 4.52 Å². The summed E-state index contributed by atoms with van der Waals surface area (Å²) in [5.74, 6) is -0.129. The lowest BCUT2D eigenvalue weighted by Gasteiger charge is -2.32. The van der Waals surface area contributed by atoms with Crippen molar-refractivity contribution in [1.82, 2.24) is 15.0 Å². The van der Waals surface area contributed by atoms with Gasteiger partial charge < -0.3 is 14.5 Å². The van der Waals surface area contributed by atoms with Crippen LogP contribution in [0.2, 0.25) is 0 Å². The third-order valence-corrected chi connectivity index (χ3v) is 4.17. The summed E-state index contributed by atoms with van der Waals surface area (Å²) < 4.78 is 5.17. The summed E-state index contributed by atoms with van der Waals surface area (Å²) >= 11 is 0. The molecule has 2 heterocycles. The van der Waals surface area contributed by atoms with Gasteiger partial charge in [-0.15, -0.1) is 0 Å². The summed E-state index contributed by atoms with van der Waals surface area (Å²) in [6.45, 7) is 2.83. The Balaban J connectivity index is 1.72. The molecule has 1 aromatic heterocycles. The molecule has 7 nitrogen and oxygen atoms in total. The van der Waals surface area contributed by atoms with Gasteiger partial charge in [0.2, 0.25) is 11.8 Å². The second kappa shape index (κ2) is 4.57. The molecule has 1 saturated heterocycles. The van der Waals surface area contributed by atoms with Gasteiger partial charge in [0.15, 0.2) is 5.82 Å². The van der Waals surface area contributed by atoms with Crippen molar-refractivity contribution in [2.45, 2.75) is 38.5 Å². The van der Waals surface area contributed by atoms with E-state index in [1.165, 1.54) is 0 Å². The first kappa shape index (κ1) is 13.1. The zero-order valence-electron chi connectivity index (χ0n) is 11.3. The number of carbonyl (C=O) groups is 2. The Kier molecular flexibility index (Phi) is 2.99. The predicted molar refractivity (Wildman–Crippen MR) is 66.9 cm³/mol. The number of amides is 1. The van der Waals surface area contributed by atoms with E-state index < -0.39 is 11.4 Å². The Bertz CT molecular complexity index is 550. The lowest BCUT2D eigenvalue weighted by atomic mass is 9.95. The minimum absolute atomic E-state index is 0.0125. The van der Waals surface area contributed by atoms with Crippen molar-refractivity contribution in [3.63, 3.8) is 0 Å². The van der Waals surface area contributed by atoms with Crippen molar-refractivity contribution in [2.24, 2.45) is 5.41 Å². The Labute approximate surface area is 115 Å². The van der Waals surface area contributed by atoms with Gasteiger partial charge in [-0.25, -0.2) is 0 Å². The second-order valence-corrected chi connectivity index (χ2v) is 5.66. The van der Waals surface area contributed by atoms with Crippen LogP contribution in [0.25, 0.3) is 0 Å². The fourth-order valence-corrected chi connectivity index (χ4v) is 2.79. The molecule has 1 aliphatic heterocycles. The molecule has 1 amide bonds. The maximum atomic E-state index is 12.4. The highest BCUT2D eigenvalue weighted by atomic mass is 16.5. The van der Waals surface area contributed by atoms with Crippen molar-refractivity contribution in [2.75, 3.05) is 13.1 Å². The number of carboxylic acid groups (broad SMARTS) is 1. The van der Waals surface area contributed by atoms with E-state index in [0.29, 0.717) is 37.6 Å². The number of carbonyl (C=O) groups excluding carboxylic acids is 1. The van der Waals surface area contributed by atoms with Gasteiger partial charge in [-0.2, -0.15) is 4.98 Å². The summed E-state index contributed by atoms with van der Waals surface area (Å²) in [4.78, 5) is 29.5. The van der Waals surface area contributed by atoms with Crippen LogP contribution in [0.15, 0.2) is 4.52 Å². The molecule has 0 radical (unpaired) electrons. The molecule has 0 aromatic carbocycles. The van der Waals surface area contributed by atoms with E-state index >= 15 is 0 Å². The summed E-state index contributed by atoms with van der Waals surface area (Å²) in [5, 5.41) is 13.0. The molecule has 7 heteroatoms. The van der Waals surface area contributed by atoms with Gasteiger partial charge in [-0.1, -0.05) is 5.16 Å². The van der Waals surface area contributed by atoms with Gasteiger partial charge >= 0.3 is 5.97 Å². The third kappa shape index (κ3) is 2.07. The van der Waals surface area contributed by atoms with Crippen LogP contribution < -0.4 is 0 Å². The molecule has 1 N–H and O–H groups in total. The average Bonchev–Trinajstić information content (AvgIpc) is 3.15. The predicted octanol–water partition coefficient (Wildman–Crippen LogP) is 0.949. The number of hydrogen-bond donors (Lipinski definition) is 1. The molecule has 20 heavy (non-hydrogen) atoms. The molecule has 2 aliphatic rings. The Hall–Kier alpha value is -1.92. The second-order valence-electron chi connectivity index (χ2n) is 5.66. The molecule has 0 spiro atoms. The highest BCUT2D eigenvalue weighted by Gasteiger charge is 2.58. The van der Waals surface area contributed by atoms with Crippen molar-refractivity contribution >= 4 is 11.9 Å². The van der Waals surface area contributed by atoms with Crippen molar-refractivity contribution < 1.29 is 19.2 Å². The van der Waals surface area contributed by atoms with Crippen LogP contribution >= 0.6 is 0 Å². The van der Waals surface area contributed by atoms with Crippen LogP contribution in [0.4, 0.5) is 0 Å². The topological polar surface area (TPSA) is 96.5 Å². The highest BCUT2D eigenvalue weighted by Crippen LogP contribution is 2.48. The van der Waals surface area contributed by atoms with E-state index in [9.17, 15) is 14.7 Å². The van der Waals surface area contributed by atoms with E-state index in [0.717, 1.165) is 12.8 Å². The first-order valence-electron chi connectivity index (χ1n) is 6.86. The van der Waals surface area contributed by atoms with Gasteiger partial charge in [0.05, 0.1) is 5.92 Å². The van der Waals surface area contributed by atoms with E-state index in [1.807, 2.05) is 0 Å². The van der Waals surface area contributed by atoms with Crippen LogP contribution in [-0.2, 0) is 9.59 Å². The number of likely N-dealkylation sites (tertiary alicyclic amines) is 1. The molecular formula is C13H17N3O4. The molecule has 0 bridgehead atoms. The zero-order valence-corrected chi connectivity index (χ0v) is 11.3. The highest BCUT2D eigenvalue weighted by molar-refractivity contribution is 6.04. The van der Waals surface area contributed by atoms with Crippen LogP contribution in [0.1, 0.15) is 43.3 Å². The van der Waals surface area contributed by atoms with Crippen LogP contribution in [0, 0.1) is 12.3 Å². The summed E-state index contributed by atoms with van der Waals surface area (Å²) in [6.07, 6.45) is 2.60. The van der Waals surface area contributed by atoms with Gasteiger partial charge in [0, 0.05) is 13.1 Å². The van der Waals surface area contributed by atoms with E-state index in [1.54, 1.807) is 11.8 Å². The minimum atomic E-state index is -1.16. The maximum Gasteiger partial charge on any atom is 0.319 e.